The molecule has 3 aliphatic heterocycles. The molecule has 6 N–H and O–H groups in total. The van der Waals surface area contributed by atoms with Gasteiger partial charge in [-0.3, -0.25) is 39.0 Å². The number of aliphatic imine (C=N–C) groups is 2. The number of nitrogens with two attached hydrogens (primary N) is 2. The van der Waals surface area contributed by atoms with E-state index in [4.69, 9.17) is 16.2 Å². The van der Waals surface area contributed by atoms with Crippen LogP contribution in [0.1, 0.15) is 25.2 Å². The zero-order chi connectivity index (χ0) is 47.4. The Balaban J connectivity index is 0.000000250. The number of methoxy groups -OCH3 is 2. The third kappa shape index (κ3) is 10.3. The lowest BCUT2D eigenvalue weighted by Crippen LogP contribution is -2.57. The van der Waals surface area contributed by atoms with Gasteiger partial charge in [0.2, 0.25) is 5.96 Å². The predicted octanol–water partition coefficient (Wildman–Crippen LogP) is 0.299. The van der Waals surface area contributed by atoms with Gasteiger partial charge in [-0.1, -0.05) is 12.2 Å². The van der Waals surface area contributed by atoms with Crippen LogP contribution in [0.5, 0.6) is 0 Å². The number of esters is 1. The number of guanidine groups is 2. The average Bonchev–Trinajstić information content (AvgIpc) is 3.96. The summed E-state index contributed by atoms with van der Waals surface area (Å²) in [5.74, 6) is -3.11. The van der Waals surface area contributed by atoms with Crippen LogP contribution < -0.4 is 44.6 Å². The van der Waals surface area contributed by atoms with Crippen molar-refractivity contribution in [3.8, 4) is 0 Å². The number of fused-ring (bicyclic) bond motifs is 2. The molecule has 65 heavy (non-hydrogen) atoms. The number of amides is 1. The lowest BCUT2D eigenvalue weighted by atomic mass is 9.87. The fourth-order valence-corrected chi connectivity index (χ4v) is 8.62. The molecule has 5 aliphatic rings. The number of alkyl halides is 3. The molecule has 0 radical (unpaired) electrons. The monoisotopic (exact) mass is 968 g/mol. The SMILES string of the molecule is CCN=C(N)N.CCN=C1NC(=O)C(OC)(C2=NSC3C=CC(n4c(=O)cc(C)n(C)c4=O)=CC23)N1.COC(=O)C(=O)C1=NSC2C=CC(n3c(=O)cc(C(F)(F)F)n(C)c3=O)=CC12.Cl. The van der Waals surface area contributed by atoms with Gasteiger partial charge in [0.05, 0.1) is 34.7 Å². The van der Waals surface area contributed by atoms with Crippen molar-refractivity contribution in [3.63, 3.8) is 0 Å². The Morgan fingerprint density at radius 1 is 0.877 bits per heavy atom. The number of carbonyl (C=O) groups is 3. The van der Waals surface area contributed by atoms with Crippen LogP contribution in [0.15, 0.2) is 86.5 Å². The van der Waals surface area contributed by atoms with Crippen molar-refractivity contribution in [2.45, 2.75) is 43.2 Å². The van der Waals surface area contributed by atoms with Crippen LogP contribution in [0.25, 0.3) is 11.4 Å². The molecule has 1 amide bonds. The van der Waals surface area contributed by atoms with E-state index >= 15 is 0 Å². The standard InChI is InChI=1S/C19H22N6O4S.C16H12F3N3O5S.C3H9N3.ClH/c1-5-20-17-21-16(27)19(22-17,29-4)15-12-9-11(6-7-13(12)30-23-15)25-14(26)8-10(2)24(3)18(25)28;1-21-10(16(17,18)19)6-11(23)22(15(21)26)7-3-4-9-8(5-7)12(20-28-9)13(24)14(25)27-2;1-2-6-3(4)5;/h6-9,12-13H,5H2,1-4H3,(H2,20,21,22,27);3-6,8-9H,1-2H3;2H2,1H3,(H4,4,5,6);1H. The molecule has 21 nitrogen and oxygen atoms in total. The van der Waals surface area contributed by atoms with E-state index in [9.17, 15) is 46.7 Å². The van der Waals surface area contributed by atoms with Gasteiger partial charge in [0.25, 0.3) is 28.5 Å². The molecule has 350 valence electrons. The van der Waals surface area contributed by atoms with Gasteiger partial charge in [-0.05, 0) is 69.0 Å². The van der Waals surface area contributed by atoms with E-state index in [2.05, 4.69) is 34.2 Å². The first-order valence-electron chi connectivity index (χ1n) is 19.0. The molecule has 1 fully saturated rings. The zero-order valence-electron chi connectivity index (χ0n) is 35.6. The molecule has 2 aromatic heterocycles. The number of hydrogen-bond acceptors (Lipinski definition) is 15. The number of nitrogens with zero attached hydrogens (tertiary/aromatic N) is 8. The van der Waals surface area contributed by atoms with Gasteiger partial charge in [0.1, 0.15) is 11.4 Å². The number of carbonyl (C=O) groups excluding carboxylic acids is 3. The molecule has 0 aromatic carbocycles. The number of aromatic nitrogens is 4. The fourth-order valence-electron chi connectivity index (χ4n) is 6.72. The molecule has 5 atom stereocenters. The third-order valence-electron chi connectivity index (χ3n) is 9.96. The van der Waals surface area contributed by atoms with Gasteiger partial charge in [-0.25, -0.2) is 32.3 Å². The van der Waals surface area contributed by atoms with Crippen LogP contribution in [-0.4, -0.2) is 103 Å². The Kier molecular flexibility index (Phi) is 16.4. The van der Waals surface area contributed by atoms with Crippen LogP contribution in [0.2, 0.25) is 0 Å². The summed E-state index contributed by atoms with van der Waals surface area (Å²) in [4.78, 5) is 94.1. The molecule has 5 heterocycles. The number of hydrogen-bond donors (Lipinski definition) is 4. The summed E-state index contributed by atoms with van der Waals surface area (Å²) < 4.78 is 60.8. The Morgan fingerprint density at radius 2 is 1.43 bits per heavy atom. The molecule has 0 saturated carbocycles. The number of ether oxygens (including phenoxy) is 2. The number of aryl methyl sites for hydroxylation is 1. The van der Waals surface area contributed by atoms with Crippen LogP contribution in [0, 0.1) is 18.8 Å². The van der Waals surface area contributed by atoms with Crippen molar-refractivity contribution in [3.05, 3.63) is 102 Å². The van der Waals surface area contributed by atoms with Crippen molar-refractivity contribution >= 4 is 88.7 Å². The summed E-state index contributed by atoms with van der Waals surface area (Å²) in [6, 6.07) is 1.73. The van der Waals surface area contributed by atoms with E-state index < -0.39 is 63.7 Å². The van der Waals surface area contributed by atoms with Crippen LogP contribution >= 0.6 is 36.3 Å². The fraction of sp³-hybridized carbons (Fsp3) is 0.395. The average molecular weight is 969 g/mol. The Morgan fingerprint density at radius 3 is 1.95 bits per heavy atom. The highest BCUT2D eigenvalue weighted by molar-refractivity contribution is 7.99. The molecule has 5 unspecified atom stereocenters. The molecule has 7 rings (SSSR count). The second-order valence-corrected chi connectivity index (χ2v) is 15.8. The smallest absolute Gasteiger partial charge is 0.431 e. The summed E-state index contributed by atoms with van der Waals surface area (Å²) in [5, 5.41) is 5.25. The van der Waals surface area contributed by atoms with Crippen LogP contribution in [0.4, 0.5) is 13.2 Å². The van der Waals surface area contributed by atoms with Gasteiger partial charge in [0.15, 0.2) is 5.96 Å². The van der Waals surface area contributed by atoms with Crippen molar-refractivity contribution in [1.82, 2.24) is 28.9 Å². The summed E-state index contributed by atoms with van der Waals surface area (Å²) >= 11 is 2.32. The van der Waals surface area contributed by atoms with Gasteiger partial charge >= 0.3 is 23.5 Å². The van der Waals surface area contributed by atoms with Gasteiger partial charge in [-0.2, -0.15) is 13.2 Å². The van der Waals surface area contributed by atoms with Crippen LogP contribution in [0.3, 0.4) is 0 Å². The first-order valence-corrected chi connectivity index (χ1v) is 20.7. The number of allylic oxidation sites excluding steroid dienone is 6. The normalized spacial score (nSPS) is 23.0. The Bertz CT molecular complexity index is 2770. The van der Waals surface area contributed by atoms with Gasteiger partial charge < -0.3 is 30.8 Å². The maximum Gasteiger partial charge on any atom is 0.431 e. The first kappa shape index (κ1) is 51.4. The minimum atomic E-state index is -4.87. The van der Waals surface area contributed by atoms with Crippen molar-refractivity contribution in [1.29, 1.82) is 0 Å². The van der Waals surface area contributed by atoms with Gasteiger partial charge in [-0.15, -0.1) is 12.4 Å². The Hall–Kier alpha value is -6.25. The molecule has 27 heteroatoms. The summed E-state index contributed by atoms with van der Waals surface area (Å²) in [5.41, 5.74) is 5.08. The van der Waals surface area contributed by atoms with E-state index in [1.54, 1.807) is 32.2 Å². The second kappa shape index (κ2) is 20.7. The van der Waals surface area contributed by atoms with E-state index in [0.29, 0.717) is 51.4 Å². The minimum absolute atomic E-state index is 0. The molecule has 0 bridgehead atoms. The van der Waals surface area contributed by atoms with E-state index in [1.165, 1.54) is 41.8 Å². The summed E-state index contributed by atoms with van der Waals surface area (Å²) in [7, 11) is 4.97. The first-order chi connectivity index (χ1) is 30.1. The maximum atomic E-state index is 13.0. The predicted molar refractivity (Wildman–Crippen MR) is 243 cm³/mol. The lowest BCUT2D eigenvalue weighted by molar-refractivity contribution is -0.148. The number of ketones is 1. The number of nitrogens with one attached hydrogen (secondary N) is 2. The number of Topliss-reactive ketones (excluding diaryl/α,β-unsaturated/α-hetero) is 1. The molecular formula is C38H44ClF3N12O9S2. The summed E-state index contributed by atoms with van der Waals surface area (Å²) in [6.45, 7) is 6.59. The number of halogens is 4. The highest BCUT2D eigenvalue weighted by atomic mass is 35.5. The highest BCUT2D eigenvalue weighted by Crippen LogP contribution is 2.41. The third-order valence-corrected chi connectivity index (χ3v) is 12.0. The Labute approximate surface area is 381 Å². The molecule has 1 saturated heterocycles. The van der Waals surface area contributed by atoms with E-state index in [0.717, 1.165) is 30.7 Å². The molecular weight excluding hydrogens is 925 g/mol. The molecule has 2 aromatic rings. The molecule has 2 aliphatic carbocycles. The highest BCUT2D eigenvalue weighted by Gasteiger charge is 2.55. The number of rotatable bonds is 8. The van der Waals surface area contributed by atoms with Crippen LogP contribution in [-0.2, 0) is 44.1 Å². The van der Waals surface area contributed by atoms with Crippen molar-refractivity contribution in [2.75, 3.05) is 27.3 Å². The quantitative estimate of drug-likeness (QED) is 0.0911. The van der Waals surface area contributed by atoms with E-state index in [1.807, 2.05) is 19.9 Å². The molecule has 0 spiro atoms. The van der Waals surface area contributed by atoms with Crippen molar-refractivity contribution in [2.24, 2.45) is 56.2 Å². The zero-order valence-corrected chi connectivity index (χ0v) is 38.1. The summed E-state index contributed by atoms with van der Waals surface area (Å²) in [6.07, 6.45) is 4.80. The lowest BCUT2D eigenvalue weighted by Gasteiger charge is -2.29. The maximum absolute atomic E-state index is 13.0. The largest absolute Gasteiger partial charge is 0.463 e. The van der Waals surface area contributed by atoms with E-state index in [-0.39, 0.29) is 46.2 Å². The van der Waals surface area contributed by atoms with Crippen molar-refractivity contribution < 1.29 is 37.0 Å². The topological polar surface area (TPSA) is 283 Å². The second-order valence-electron chi connectivity index (χ2n) is 13.9. The minimum Gasteiger partial charge on any atom is -0.463 e. The van der Waals surface area contributed by atoms with Gasteiger partial charge in [0, 0.05) is 64.0 Å².